The number of benzene rings is 2. The Balaban J connectivity index is 1.81. The number of aryl methyl sites for hydroxylation is 2. The van der Waals surface area contributed by atoms with Gasteiger partial charge >= 0.3 is 0 Å². The largest absolute Gasteiger partial charge is 0.328 e. The average molecular weight is 481 g/mol. The molecule has 2 aromatic carbocycles. The first-order valence-corrected chi connectivity index (χ1v) is 12.3. The van der Waals surface area contributed by atoms with Crippen LogP contribution in [0.2, 0.25) is 5.02 Å². The molecule has 0 aliphatic carbocycles. The van der Waals surface area contributed by atoms with E-state index in [9.17, 15) is 17.6 Å². The lowest BCUT2D eigenvalue weighted by Crippen LogP contribution is -2.30. The van der Waals surface area contributed by atoms with E-state index in [1.807, 2.05) is 11.5 Å². The highest BCUT2D eigenvalue weighted by atomic mass is 35.5. The van der Waals surface area contributed by atoms with Gasteiger partial charge in [0.25, 0.3) is 0 Å². The number of rotatable bonds is 9. The summed E-state index contributed by atoms with van der Waals surface area (Å²) in [7, 11) is -3.59. The number of carbonyl (C=O) groups is 1. The Labute approximate surface area is 192 Å². The average Bonchev–Trinajstić information content (AvgIpc) is 3.11. The van der Waals surface area contributed by atoms with E-state index in [1.165, 1.54) is 16.4 Å². The summed E-state index contributed by atoms with van der Waals surface area (Å²) in [5.41, 5.74) is 1.72. The van der Waals surface area contributed by atoms with Crippen LogP contribution in [0.25, 0.3) is 11.0 Å². The van der Waals surface area contributed by atoms with Gasteiger partial charge in [-0.1, -0.05) is 25.4 Å². The van der Waals surface area contributed by atoms with Crippen molar-refractivity contribution in [3.05, 3.63) is 53.1 Å². The number of nitrogens with one attached hydrogen (secondary N) is 1. The molecular formula is C22H26ClFN4O3S. The highest BCUT2D eigenvalue weighted by Crippen LogP contribution is 2.25. The van der Waals surface area contributed by atoms with Gasteiger partial charge in [0.15, 0.2) is 0 Å². The molecule has 0 bridgehead atoms. The van der Waals surface area contributed by atoms with Crippen molar-refractivity contribution in [2.24, 2.45) is 0 Å². The molecule has 0 aliphatic heterocycles. The van der Waals surface area contributed by atoms with Crippen molar-refractivity contribution < 1.29 is 17.6 Å². The van der Waals surface area contributed by atoms with Crippen LogP contribution in [0.1, 0.15) is 33.0 Å². The van der Waals surface area contributed by atoms with Gasteiger partial charge in [-0.05, 0) is 43.3 Å². The zero-order valence-electron chi connectivity index (χ0n) is 18.2. The number of imidazole rings is 1. The fraction of sp³-hybridized carbons (Fsp3) is 0.364. The third kappa shape index (κ3) is 4.95. The molecule has 7 nitrogen and oxygen atoms in total. The summed E-state index contributed by atoms with van der Waals surface area (Å²) < 4.78 is 42.2. The molecule has 1 N–H and O–H groups in total. The lowest BCUT2D eigenvalue weighted by molar-refractivity contribution is -0.116. The first kappa shape index (κ1) is 24.2. The normalized spacial score (nSPS) is 11.9. The van der Waals surface area contributed by atoms with E-state index >= 15 is 0 Å². The molecule has 0 saturated carbocycles. The fourth-order valence-corrected chi connectivity index (χ4v) is 5.30. The van der Waals surface area contributed by atoms with Gasteiger partial charge in [0.2, 0.25) is 15.9 Å². The summed E-state index contributed by atoms with van der Waals surface area (Å²) in [5.74, 6) is -0.0784. The highest BCUT2D eigenvalue weighted by Gasteiger charge is 2.23. The number of halogens is 2. The monoisotopic (exact) mass is 480 g/mol. The Morgan fingerprint density at radius 2 is 1.88 bits per heavy atom. The Morgan fingerprint density at radius 3 is 2.50 bits per heavy atom. The first-order valence-electron chi connectivity index (χ1n) is 10.4. The SMILES string of the molecule is CCN(CC)S(=O)(=O)c1ccc2c(c1)nc(CCC(=O)Nc1ccc(F)cc1Cl)n2CC. The second-order valence-electron chi connectivity index (χ2n) is 7.18. The summed E-state index contributed by atoms with van der Waals surface area (Å²) in [6.45, 7) is 6.96. The van der Waals surface area contributed by atoms with Gasteiger partial charge in [-0.3, -0.25) is 4.79 Å². The predicted molar refractivity (Wildman–Crippen MR) is 124 cm³/mol. The van der Waals surface area contributed by atoms with Gasteiger partial charge in [0, 0.05) is 32.5 Å². The second-order valence-corrected chi connectivity index (χ2v) is 9.53. The van der Waals surface area contributed by atoms with E-state index in [-0.39, 0.29) is 22.2 Å². The Bertz CT molecular complexity index is 1240. The first-order chi connectivity index (χ1) is 15.2. The van der Waals surface area contributed by atoms with E-state index < -0.39 is 15.8 Å². The van der Waals surface area contributed by atoms with Gasteiger partial charge in [0.05, 0.1) is 26.6 Å². The van der Waals surface area contributed by atoms with E-state index in [2.05, 4.69) is 10.3 Å². The van der Waals surface area contributed by atoms with Crippen molar-refractivity contribution in [3.8, 4) is 0 Å². The van der Waals surface area contributed by atoms with Gasteiger partial charge in [-0.25, -0.2) is 17.8 Å². The molecular weight excluding hydrogens is 455 g/mol. The van der Waals surface area contributed by atoms with E-state index in [1.54, 1.807) is 32.0 Å². The smallest absolute Gasteiger partial charge is 0.243 e. The molecule has 3 aromatic rings. The van der Waals surface area contributed by atoms with Crippen LogP contribution in [0.15, 0.2) is 41.3 Å². The van der Waals surface area contributed by atoms with E-state index in [0.717, 1.165) is 11.6 Å². The third-order valence-corrected chi connectivity index (χ3v) is 7.60. The van der Waals surface area contributed by atoms with Crippen LogP contribution < -0.4 is 5.32 Å². The van der Waals surface area contributed by atoms with Crippen LogP contribution in [0.5, 0.6) is 0 Å². The van der Waals surface area contributed by atoms with Crippen LogP contribution in [0.3, 0.4) is 0 Å². The second kappa shape index (κ2) is 9.97. The van der Waals surface area contributed by atoms with E-state index in [4.69, 9.17) is 11.6 Å². The number of aromatic nitrogens is 2. The van der Waals surface area contributed by atoms with Crippen LogP contribution in [-0.4, -0.2) is 41.3 Å². The quantitative estimate of drug-likeness (QED) is 0.490. The van der Waals surface area contributed by atoms with Crippen molar-refractivity contribution in [1.29, 1.82) is 0 Å². The molecule has 0 unspecified atom stereocenters. The third-order valence-electron chi connectivity index (χ3n) is 5.24. The summed E-state index contributed by atoms with van der Waals surface area (Å²) in [6.07, 6.45) is 0.493. The number of sulfonamides is 1. The molecule has 1 heterocycles. The Kier molecular flexibility index (Phi) is 7.53. The summed E-state index contributed by atoms with van der Waals surface area (Å²) in [4.78, 5) is 17.2. The van der Waals surface area contributed by atoms with Gasteiger partial charge in [-0.15, -0.1) is 0 Å². The lowest BCUT2D eigenvalue weighted by atomic mass is 10.2. The van der Waals surface area contributed by atoms with Crippen LogP contribution >= 0.6 is 11.6 Å². The minimum Gasteiger partial charge on any atom is -0.328 e. The molecule has 32 heavy (non-hydrogen) atoms. The maximum absolute atomic E-state index is 13.2. The van der Waals surface area contributed by atoms with Crippen molar-refractivity contribution in [2.45, 2.75) is 45.1 Å². The summed E-state index contributed by atoms with van der Waals surface area (Å²) in [5, 5.41) is 2.80. The molecule has 1 amide bonds. The molecule has 0 radical (unpaired) electrons. The molecule has 1 aromatic heterocycles. The van der Waals surface area contributed by atoms with Crippen molar-refractivity contribution in [2.75, 3.05) is 18.4 Å². The van der Waals surface area contributed by atoms with Gasteiger partial charge in [-0.2, -0.15) is 4.31 Å². The molecule has 0 atom stereocenters. The number of amides is 1. The summed E-state index contributed by atoms with van der Waals surface area (Å²) in [6, 6.07) is 8.70. The fourth-order valence-electron chi connectivity index (χ4n) is 3.61. The molecule has 10 heteroatoms. The molecule has 3 rings (SSSR count). The van der Waals surface area contributed by atoms with Gasteiger partial charge < -0.3 is 9.88 Å². The minimum absolute atomic E-state index is 0.126. The molecule has 0 fully saturated rings. The van der Waals surface area contributed by atoms with Crippen LogP contribution in [0.4, 0.5) is 10.1 Å². The maximum atomic E-state index is 13.2. The van der Waals surface area contributed by atoms with Crippen molar-refractivity contribution in [1.82, 2.24) is 13.9 Å². The minimum atomic E-state index is -3.59. The number of anilines is 1. The predicted octanol–water partition coefficient (Wildman–Crippen LogP) is 4.45. The number of carbonyl (C=O) groups excluding carboxylic acids is 1. The maximum Gasteiger partial charge on any atom is 0.243 e. The number of fused-ring (bicyclic) bond motifs is 1. The highest BCUT2D eigenvalue weighted by molar-refractivity contribution is 7.89. The number of hydrogen-bond donors (Lipinski definition) is 1. The molecule has 0 saturated heterocycles. The molecule has 0 spiro atoms. The Morgan fingerprint density at radius 1 is 1.16 bits per heavy atom. The van der Waals surface area contributed by atoms with Gasteiger partial charge in [0.1, 0.15) is 11.6 Å². The Hall–Kier alpha value is -2.49. The molecule has 0 aliphatic rings. The standard InChI is InChI=1S/C22H26ClFN4O3S/c1-4-27(5-2)32(30,31)16-8-10-20-19(14-16)25-21(28(20)6-3)11-12-22(29)26-18-9-7-15(24)13-17(18)23/h7-10,13-14H,4-6,11-12H2,1-3H3,(H,26,29). The zero-order chi connectivity index (χ0) is 23.5. The summed E-state index contributed by atoms with van der Waals surface area (Å²) >= 11 is 5.96. The number of nitrogens with zero attached hydrogens (tertiary/aromatic N) is 3. The number of hydrogen-bond acceptors (Lipinski definition) is 4. The van der Waals surface area contributed by atoms with Crippen molar-refractivity contribution >= 4 is 44.3 Å². The van der Waals surface area contributed by atoms with Crippen molar-refractivity contribution in [3.63, 3.8) is 0 Å². The lowest BCUT2D eigenvalue weighted by Gasteiger charge is -2.18. The molecule has 172 valence electrons. The van der Waals surface area contributed by atoms with Crippen LogP contribution in [-0.2, 0) is 27.8 Å². The topological polar surface area (TPSA) is 84.3 Å². The van der Waals surface area contributed by atoms with Crippen LogP contribution in [0, 0.1) is 5.82 Å². The van der Waals surface area contributed by atoms with E-state index in [0.29, 0.717) is 43.1 Å². The zero-order valence-corrected chi connectivity index (χ0v) is 19.8.